The number of carbonyl (C=O) groups is 2. The molecule has 2 aromatic carbocycles. The molecular weight excluding hydrogens is 376 g/mol. The predicted molar refractivity (Wildman–Crippen MR) is 109 cm³/mol. The molecule has 2 aliphatic heterocycles. The van der Waals surface area contributed by atoms with Crippen molar-refractivity contribution in [1.29, 1.82) is 0 Å². The van der Waals surface area contributed by atoms with Gasteiger partial charge in [0, 0.05) is 29.4 Å². The normalized spacial score (nSPS) is 23.0. The average molecular weight is 399 g/mol. The molecule has 2 aromatic rings. The SMILES string of the molecule is O=C(c1cccc(Cl)c1)N1CCOC2(CCCCN(c3ccccc3)C2=O)C1. The zero-order valence-electron chi connectivity index (χ0n) is 15.6. The van der Waals surface area contributed by atoms with Crippen LogP contribution in [-0.2, 0) is 9.53 Å². The quantitative estimate of drug-likeness (QED) is 0.773. The van der Waals surface area contributed by atoms with Gasteiger partial charge in [-0.1, -0.05) is 35.9 Å². The number of para-hydroxylation sites is 1. The highest BCUT2D eigenvalue weighted by Crippen LogP contribution is 2.32. The Morgan fingerprint density at radius 1 is 1.04 bits per heavy atom. The number of hydrogen-bond donors (Lipinski definition) is 0. The van der Waals surface area contributed by atoms with Gasteiger partial charge in [-0.15, -0.1) is 0 Å². The van der Waals surface area contributed by atoms with E-state index in [1.165, 1.54) is 0 Å². The summed E-state index contributed by atoms with van der Waals surface area (Å²) in [6, 6.07) is 16.6. The largest absolute Gasteiger partial charge is 0.361 e. The van der Waals surface area contributed by atoms with Crippen LogP contribution in [0.25, 0.3) is 0 Å². The van der Waals surface area contributed by atoms with Gasteiger partial charge in [0.2, 0.25) is 0 Å². The van der Waals surface area contributed by atoms with Crippen LogP contribution in [0.1, 0.15) is 29.6 Å². The molecule has 146 valence electrons. The molecule has 0 bridgehead atoms. The van der Waals surface area contributed by atoms with Gasteiger partial charge in [-0.25, -0.2) is 0 Å². The van der Waals surface area contributed by atoms with Gasteiger partial charge in [0.25, 0.3) is 11.8 Å². The van der Waals surface area contributed by atoms with Crippen molar-refractivity contribution < 1.29 is 14.3 Å². The Labute approximate surface area is 169 Å². The van der Waals surface area contributed by atoms with Crippen molar-refractivity contribution in [3.8, 4) is 0 Å². The van der Waals surface area contributed by atoms with Crippen LogP contribution in [0.15, 0.2) is 54.6 Å². The monoisotopic (exact) mass is 398 g/mol. The van der Waals surface area contributed by atoms with Gasteiger partial charge in [0.1, 0.15) is 0 Å². The minimum absolute atomic E-state index is 0.0557. The Morgan fingerprint density at radius 2 is 1.86 bits per heavy atom. The maximum Gasteiger partial charge on any atom is 0.261 e. The van der Waals surface area contributed by atoms with E-state index in [1.807, 2.05) is 30.3 Å². The summed E-state index contributed by atoms with van der Waals surface area (Å²) < 4.78 is 6.08. The van der Waals surface area contributed by atoms with Crippen molar-refractivity contribution in [3.63, 3.8) is 0 Å². The fraction of sp³-hybridized carbons (Fsp3) is 0.364. The van der Waals surface area contributed by atoms with E-state index < -0.39 is 5.60 Å². The first-order valence-corrected chi connectivity index (χ1v) is 10.0. The Kier molecular flexibility index (Phi) is 5.38. The maximum atomic E-state index is 13.5. The molecule has 1 atom stereocenters. The standard InChI is InChI=1S/C22H23ClN2O3/c23-18-8-6-7-17(15-18)20(26)24-13-14-28-22(16-24)11-4-5-12-25(21(22)27)19-9-2-1-3-10-19/h1-3,6-10,15H,4-5,11-14,16H2. The van der Waals surface area contributed by atoms with Crippen LogP contribution in [0.4, 0.5) is 5.69 Å². The molecule has 0 N–H and O–H groups in total. The van der Waals surface area contributed by atoms with Crippen LogP contribution in [0.5, 0.6) is 0 Å². The highest BCUT2D eigenvalue weighted by Gasteiger charge is 2.48. The van der Waals surface area contributed by atoms with E-state index in [4.69, 9.17) is 16.3 Å². The number of rotatable bonds is 2. The number of halogens is 1. The lowest BCUT2D eigenvalue weighted by Crippen LogP contribution is -2.61. The number of nitrogens with zero attached hydrogens (tertiary/aromatic N) is 2. The number of carbonyl (C=O) groups excluding carboxylic acids is 2. The second-order valence-corrected chi connectivity index (χ2v) is 7.77. The van der Waals surface area contributed by atoms with Crippen LogP contribution in [0, 0.1) is 0 Å². The van der Waals surface area contributed by atoms with Crippen LogP contribution in [0.2, 0.25) is 5.02 Å². The Morgan fingerprint density at radius 3 is 2.64 bits per heavy atom. The summed E-state index contributed by atoms with van der Waals surface area (Å²) in [4.78, 5) is 30.1. The van der Waals surface area contributed by atoms with E-state index in [0.717, 1.165) is 18.5 Å². The minimum Gasteiger partial charge on any atom is -0.361 e. The van der Waals surface area contributed by atoms with Crippen molar-refractivity contribution in [2.45, 2.75) is 24.9 Å². The third kappa shape index (κ3) is 3.64. The highest BCUT2D eigenvalue weighted by atomic mass is 35.5. The molecule has 28 heavy (non-hydrogen) atoms. The summed E-state index contributed by atoms with van der Waals surface area (Å²) in [6.45, 7) is 1.74. The van der Waals surface area contributed by atoms with Gasteiger partial charge in [-0.05, 0) is 49.6 Å². The van der Waals surface area contributed by atoms with Crippen LogP contribution < -0.4 is 4.90 Å². The first-order valence-electron chi connectivity index (χ1n) is 9.65. The lowest BCUT2D eigenvalue weighted by Gasteiger charge is -2.42. The molecule has 0 aromatic heterocycles. The van der Waals surface area contributed by atoms with Crippen molar-refractivity contribution in [2.24, 2.45) is 0 Å². The number of morpholine rings is 1. The van der Waals surface area contributed by atoms with E-state index in [-0.39, 0.29) is 18.4 Å². The molecule has 6 heteroatoms. The van der Waals surface area contributed by atoms with Gasteiger partial charge in [-0.3, -0.25) is 9.59 Å². The predicted octanol–water partition coefficient (Wildman–Crippen LogP) is 3.77. The Bertz CT molecular complexity index is 873. The number of amides is 2. The lowest BCUT2D eigenvalue weighted by molar-refractivity contribution is -0.155. The first kappa shape index (κ1) is 19.0. The number of ether oxygens (including phenoxy) is 1. The highest BCUT2D eigenvalue weighted by molar-refractivity contribution is 6.31. The third-order valence-electron chi connectivity index (χ3n) is 5.46. The molecule has 2 aliphatic rings. The zero-order chi connectivity index (χ0) is 19.6. The van der Waals surface area contributed by atoms with Crippen LogP contribution in [0.3, 0.4) is 0 Å². The molecule has 1 spiro atoms. The first-order chi connectivity index (χ1) is 13.6. The van der Waals surface area contributed by atoms with Crippen molar-refractivity contribution in [2.75, 3.05) is 31.1 Å². The fourth-order valence-electron chi connectivity index (χ4n) is 4.03. The number of hydrogen-bond acceptors (Lipinski definition) is 3. The fourth-order valence-corrected chi connectivity index (χ4v) is 4.22. The van der Waals surface area contributed by atoms with Crippen molar-refractivity contribution >= 4 is 29.1 Å². The van der Waals surface area contributed by atoms with Crippen LogP contribution in [-0.4, -0.2) is 48.6 Å². The van der Waals surface area contributed by atoms with Gasteiger partial charge in [0.15, 0.2) is 5.60 Å². The van der Waals surface area contributed by atoms with Gasteiger partial charge < -0.3 is 14.5 Å². The van der Waals surface area contributed by atoms with Gasteiger partial charge in [-0.2, -0.15) is 0 Å². The second kappa shape index (κ2) is 7.94. The number of benzene rings is 2. The molecule has 0 saturated carbocycles. The molecule has 0 radical (unpaired) electrons. The molecule has 2 fully saturated rings. The zero-order valence-corrected chi connectivity index (χ0v) is 16.4. The summed E-state index contributed by atoms with van der Waals surface area (Å²) in [6.07, 6.45) is 2.41. The molecule has 2 amide bonds. The van der Waals surface area contributed by atoms with E-state index in [1.54, 1.807) is 34.1 Å². The van der Waals surface area contributed by atoms with E-state index >= 15 is 0 Å². The molecule has 0 aliphatic carbocycles. The summed E-state index contributed by atoms with van der Waals surface area (Å²) >= 11 is 6.05. The van der Waals surface area contributed by atoms with Crippen LogP contribution >= 0.6 is 11.6 Å². The molecule has 2 saturated heterocycles. The Balaban J connectivity index is 1.60. The summed E-state index contributed by atoms with van der Waals surface area (Å²) in [5.74, 6) is -0.173. The summed E-state index contributed by atoms with van der Waals surface area (Å²) in [5, 5.41) is 0.523. The summed E-state index contributed by atoms with van der Waals surface area (Å²) in [7, 11) is 0. The van der Waals surface area contributed by atoms with Crippen molar-refractivity contribution in [3.05, 3.63) is 65.2 Å². The van der Waals surface area contributed by atoms with Gasteiger partial charge in [0.05, 0.1) is 13.2 Å². The van der Waals surface area contributed by atoms with E-state index in [2.05, 4.69) is 0 Å². The molecule has 2 heterocycles. The topological polar surface area (TPSA) is 49.9 Å². The Hall–Kier alpha value is -2.37. The second-order valence-electron chi connectivity index (χ2n) is 7.33. The molecule has 4 rings (SSSR count). The third-order valence-corrected chi connectivity index (χ3v) is 5.69. The number of anilines is 1. The average Bonchev–Trinajstić information content (AvgIpc) is 2.88. The lowest BCUT2D eigenvalue weighted by atomic mass is 9.93. The van der Waals surface area contributed by atoms with Gasteiger partial charge >= 0.3 is 0 Å². The molecular formula is C22H23ClN2O3. The van der Waals surface area contributed by atoms with E-state index in [9.17, 15) is 9.59 Å². The smallest absolute Gasteiger partial charge is 0.261 e. The maximum absolute atomic E-state index is 13.5. The van der Waals surface area contributed by atoms with Crippen molar-refractivity contribution in [1.82, 2.24) is 4.90 Å². The minimum atomic E-state index is -0.987. The van der Waals surface area contributed by atoms with E-state index in [0.29, 0.717) is 36.7 Å². The summed E-state index contributed by atoms with van der Waals surface area (Å²) in [5.41, 5.74) is 0.417. The molecule has 1 unspecified atom stereocenters. The molecule has 5 nitrogen and oxygen atoms in total.